The van der Waals surface area contributed by atoms with Crippen LogP contribution in [0.15, 0.2) is 91.4 Å². The van der Waals surface area contributed by atoms with Crippen LogP contribution in [-0.4, -0.2) is 37.9 Å². The highest BCUT2D eigenvalue weighted by Gasteiger charge is 2.38. The van der Waals surface area contributed by atoms with E-state index in [1.165, 1.54) is 24.3 Å². The van der Waals surface area contributed by atoms with E-state index >= 15 is 0 Å². The Kier molecular flexibility index (Phi) is 6.97. The smallest absolute Gasteiger partial charge is 0.199 e. The monoisotopic (exact) mass is 622 g/mol. The van der Waals surface area contributed by atoms with Crippen LogP contribution in [0.5, 0.6) is 0 Å². The minimum absolute atomic E-state index is 0.0790. The predicted octanol–water partition coefficient (Wildman–Crippen LogP) is 5.20. The molecule has 0 saturated carbocycles. The molecule has 0 N–H and O–H groups in total. The molecule has 0 spiro atoms. The fourth-order valence-electron chi connectivity index (χ4n) is 3.49. The fraction of sp³-hybridized carbons (Fsp3) is 0.167. The lowest BCUT2D eigenvalue weighted by Gasteiger charge is -2.28. The first-order valence-electron chi connectivity index (χ1n) is 10.2. The summed E-state index contributed by atoms with van der Waals surface area (Å²) in [6.07, 6.45) is 0. The van der Waals surface area contributed by atoms with E-state index in [1.807, 2.05) is 13.8 Å². The van der Waals surface area contributed by atoms with Crippen LogP contribution in [0, 0.1) is 13.8 Å². The van der Waals surface area contributed by atoms with Crippen molar-refractivity contribution in [3.8, 4) is 0 Å². The highest BCUT2D eigenvalue weighted by atomic mass is 79.9. The normalized spacial score (nSPS) is 20.9. The van der Waals surface area contributed by atoms with Gasteiger partial charge in [0.05, 0.1) is 30.9 Å². The molecule has 3 aromatic carbocycles. The van der Waals surface area contributed by atoms with E-state index in [9.17, 15) is 16.8 Å². The van der Waals surface area contributed by atoms with E-state index in [0.29, 0.717) is 11.1 Å². The standard InChI is InChI=1S/C24H20Br2N2O4S2/c1-15-7-11-17(12-8-15)33(29,30)27-23-19-5-3-4-6-20(19)24(22(26)21(23)25)28-34(31,32)18-13-9-16(2)10-14-18/h3-14,21-22H,1-2H3. The second-order valence-electron chi connectivity index (χ2n) is 7.88. The predicted molar refractivity (Wildman–Crippen MR) is 142 cm³/mol. The average Bonchev–Trinajstić information content (AvgIpc) is 2.80. The van der Waals surface area contributed by atoms with Crippen molar-refractivity contribution in [1.29, 1.82) is 0 Å². The van der Waals surface area contributed by atoms with Gasteiger partial charge in [-0.25, -0.2) is 0 Å². The average molecular weight is 624 g/mol. The van der Waals surface area contributed by atoms with Crippen LogP contribution in [0.2, 0.25) is 0 Å². The van der Waals surface area contributed by atoms with E-state index in [2.05, 4.69) is 40.7 Å². The Morgan fingerprint density at radius 3 is 1.24 bits per heavy atom. The molecule has 0 fully saturated rings. The molecule has 176 valence electrons. The highest BCUT2D eigenvalue weighted by molar-refractivity contribution is 9.12. The van der Waals surface area contributed by atoms with Gasteiger partial charge in [-0.05, 0) is 38.1 Å². The first kappa shape index (κ1) is 25.0. The first-order valence-corrected chi connectivity index (χ1v) is 14.9. The molecule has 0 saturated heterocycles. The lowest BCUT2D eigenvalue weighted by atomic mass is 9.88. The lowest BCUT2D eigenvalue weighted by Crippen LogP contribution is -2.39. The van der Waals surface area contributed by atoms with Gasteiger partial charge in [0.15, 0.2) is 0 Å². The van der Waals surface area contributed by atoms with Gasteiger partial charge in [-0.15, -0.1) is 0 Å². The SMILES string of the molecule is Cc1ccc(S(=O)(=O)N=C2c3ccccc3C(=NS(=O)(=O)c3ccc(C)cc3)C(Br)C2Br)cc1. The quantitative estimate of drug-likeness (QED) is 0.374. The van der Waals surface area contributed by atoms with E-state index in [-0.39, 0.29) is 21.2 Å². The van der Waals surface area contributed by atoms with Gasteiger partial charge in [-0.3, -0.25) is 0 Å². The molecule has 2 atom stereocenters. The Morgan fingerprint density at radius 2 is 0.912 bits per heavy atom. The summed E-state index contributed by atoms with van der Waals surface area (Å²) in [4.78, 5) is -1.13. The van der Waals surface area contributed by atoms with Crippen molar-refractivity contribution in [2.24, 2.45) is 8.80 Å². The van der Waals surface area contributed by atoms with Crippen LogP contribution >= 0.6 is 31.9 Å². The summed E-state index contributed by atoms with van der Waals surface area (Å²) in [5.74, 6) is 0. The molecule has 6 nitrogen and oxygen atoms in total. The molecule has 0 radical (unpaired) electrons. The van der Waals surface area contributed by atoms with Gasteiger partial charge >= 0.3 is 0 Å². The van der Waals surface area contributed by atoms with E-state index in [1.54, 1.807) is 48.5 Å². The molecule has 1 aliphatic carbocycles. The van der Waals surface area contributed by atoms with Crippen molar-refractivity contribution < 1.29 is 16.8 Å². The molecule has 3 aromatic rings. The van der Waals surface area contributed by atoms with Gasteiger partial charge < -0.3 is 0 Å². The first-order chi connectivity index (χ1) is 16.0. The summed E-state index contributed by atoms with van der Waals surface area (Å²) >= 11 is 7.05. The van der Waals surface area contributed by atoms with Gasteiger partial charge in [0.1, 0.15) is 0 Å². The van der Waals surface area contributed by atoms with Crippen LogP contribution in [0.3, 0.4) is 0 Å². The van der Waals surface area contributed by atoms with Crippen LogP contribution in [0.4, 0.5) is 0 Å². The molecule has 0 aliphatic heterocycles. The van der Waals surface area contributed by atoms with Crippen LogP contribution < -0.4 is 0 Å². The van der Waals surface area contributed by atoms with Crippen molar-refractivity contribution in [3.63, 3.8) is 0 Å². The molecule has 34 heavy (non-hydrogen) atoms. The second-order valence-corrected chi connectivity index (χ2v) is 13.1. The maximum absolute atomic E-state index is 13.0. The molecule has 1 aliphatic rings. The molecular weight excluding hydrogens is 604 g/mol. The Bertz CT molecular complexity index is 1400. The molecule has 0 bridgehead atoms. The minimum Gasteiger partial charge on any atom is -0.199 e. The summed E-state index contributed by atoms with van der Waals surface area (Å²) in [7, 11) is -7.99. The van der Waals surface area contributed by atoms with Crippen LogP contribution in [0.1, 0.15) is 22.3 Å². The van der Waals surface area contributed by atoms with Gasteiger partial charge in [-0.1, -0.05) is 91.5 Å². The summed E-state index contributed by atoms with van der Waals surface area (Å²) in [6, 6.07) is 19.8. The molecule has 0 heterocycles. The fourth-order valence-corrected chi connectivity index (χ4v) is 7.07. The third-order valence-corrected chi connectivity index (χ3v) is 10.6. The third-order valence-electron chi connectivity index (χ3n) is 5.33. The molecular formula is C24H20Br2N2O4S2. The number of alkyl halides is 2. The Hall–Kier alpha value is -2.14. The number of aryl methyl sites for hydroxylation is 2. The van der Waals surface area contributed by atoms with E-state index in [4.69, 9.17) is 0 Å². The maximum atomic E-state index is 13.0. The summed E-state index contributed by atoms with van der Waals surface area (Å²) in [5, 5.41) is 0. The Balaban J connectivity index is 1.85. The van der Waals surface area contributed by atoms with Crippen molar-refractivity contribution in [3.05, 3.63) is 95.1 Å². The largest absolute Gasteiger partial charge is 0.282 e. The van der Waals surface area contributed by atoms with Gasteiger partial charge in [0.2, 0.25) is 0 Å². The summed E-state index contributed by atoms with van der Waals surface area (Å²) in [6.45, 7) is 3.74. The van der Waals surface area contributed by atoms with Crippen LogP contribution in [0.25, 0.3) is 0 Å². The summed E-state index contributed by atoms with van der Waals surface area (Å²) in [5.41, 5.74) is 3.39. The molecule has 0 aromatic heterocycles. The molecule has 4 rings (SSSR count). The number of rotatable bonds is 4. The van der Waals surface area contributed by atoms with Gasteiger partial charge in [-0.2, -0.15) is 25.6 Å². The van der Waals surface area contributed by atoms with E-state index in [0.717, 1.165) is 11.1 Å². The maximum Gasteiger partial charge on any atom is 0.282 e. The zero-order valence-corrected chi connectivity index (χ0v) is 23.0. The molecule has 2 unspecified atom stereocenters. The Labute approximate surface area is 216 Å². The van der Waals surface area contributed by atoms with Crippen molar-refractivity contribution >= 4 is 63.3 Å². The van der Waals surface area contributed by atoms with Crippen molar-refractivity contribution in [2.75, 3.05) is 0 Å². The number of hydrogen-bond donors (Lipinski definition) is 0. The Morgan fingerprint density at radius 1 is 0.588 bits per heavy atom. The van der Waals surface area contributed by atoms with E-state index < -0.39 is 29.7 Å². The molecule has 10 heteroatoms. The zero-order chi connectivity index (χ0) is 24.7. The van der Waals surface area contributed by atoms with Crippen molar-refractivity contribution in [2.45, 2.75) is 33.3 Å². The van der Waals surface area contributed by atoms with Gasteiger partial charge in [0, 0.05) is 11.1 Å². The minimum atomic E-state index is -4.00. The highest BCUT2D eigenvalue weighted by Crippen LogP contribution is 2.34. The third kappa shape index (κ3) is 4.95. The number of halogens is 2. The van der Waals surface area contributed by atoms with Crippen LogP contribution in [-0.2, 0) is 20.0 Å². The van der Waals surface area contributed by atoms with Gasteiger partial charge in [0.25, 0.3) is 20.0 Å². The number of benzene rings is 3. The number of hydrogen-bond acceptors (Lipinski definition) is 4. The number of fused-ring (bicyclic) bond motifs is 1. The lowest BCUT2D eigenvalue weighted by molar-refractivity contribution is 0.596. The topological polar surface area (TPSA) is 93.0 Å². The molecule has 0 amide bonds. The number of nitrogens with zero attached hydrogens (tertiary/aromatic N) is 2. The summed E-state index contributed by atoms with van der Waals surface area (Å²) < 4.78 is 60.5. The second kappa shape index (κ2) is 9.49. The zero-order valence-electron chi connectivity index (χ0n) is 18.2. The number of sulfonamides is 2. The van der Waals surface area contributed by atoms with Crippen molar-refractivity contribution in [1.82, 2.24) is 0 Å².